The average Bonchev–Trinajstić information content (AvgIpc) is 3.03. The molecule has 1 aliphatic rings. The maximum atomic E-state index is 11.6. The molecule has 122 valence electrons. The van der Waals surface area contributed by atoms with Crippen LogP contribution in [-0.2, 0) is 6.54 Å². The number of aliphatic hydroxyl groups is 1. The number of rotatable bonds is 3. The summed E-state index contributed by atoms with van der Waals surface area (Å²) in [5, 5.41) is 16.4. The molecule has 1 N–H and O–H groups in total. The average molecular weight is 332 g/mol. The van der Waals surface area contributed by atoms with Gasteiger partial charge in [0.15, 0.2) is 0 Å². The lowest BCUT2D eigenvalue weighted by Crippen LogP contribution is -2.45. The van der Waals surface area contributed by atoms with Crippen LogP contribution in [0.3, 0.4) is 0 Å². The number of hydrogen-bond acceptors (Lipinski definition) is 3. The summed E-state index contributed by atoms with van der Waals surface area (Å²) in [5.41, 5.74) is 0.891. The van der Waals surface area contributed by atoms with E-state index in [1.165, 1.54) is 6.33 Å². The molecule has 1 heterocycles. The van der Waals surface area contributed by atoms with E-state index in [1.807, 2.05) is 24.3 Å². The molecule has 0 aliphatic heterocycles. The predicted octanol–water partition coefficient (Wildman–Crippen LogP) is 3.81. The van der Waals surface area contributed by atoms with Crippen molar-refractivity contribution in [3.63, 3.8) is 0 Å². The molecule has 2 atom stereocenters. The fourth-order valence-electron chi connectivity index (χ4n) is 3.70. The monoisotopic (exact) mass is 331 g/mol. The molecule has 0 amide bonds. The van der Waals surface area contributed by atoms with Crippen molar-refractivity contribution in [2.24, 2.45) is 11.3 Å². The SMILES string of the molecule is CC1CC(C)(C)C(O)(Cn2cncn2)/C1=C\c1ccc(Cl)cc1. The highest BCUT2D eigenvalue weighted by Crippen LogP contribution is 2.53. The van der Waals surface area contributed by atoms with Gasteiger partial charge >= 0.3 is 0 Å². The van der Waals surface area contributed by atoms with Crippen LogP contribution in [0.1, 0.15) is 32.8 Å². The molecule has 0 bridgehead atoms. The number of aromatic nitrogens is 3. The Morgan fingerprint density at radius 1 is 1.35 bits per heavy atom. The van der Waals surface area contributed by atoms with Crippen molar-refractivity contribution in [1.29, 1.82) is 0 Å². The largest absolute Gasteiger partial charge is 0.383 e. The van der Waals surface area contributed by atoms with Gasteiger partial charge in [-0.3, -0.25) is 0 Å². The Kier molecular flexibility index (Phi) is 4.07. The zero-order chi connectivity index (χ0) is 16.7. The van der Waals surface area contributed by atoms with E-state index in [1.54, 1.807) is 11.0 Å². The van der Waals surface area contributed by atoms with Crippen LogP contribution in [0, 0.1) is 11.3 Å². The molecule has 0 spiro atoms. The topological polar surface area (TPSA) is 50.9 Å². The molecule has 1 fully saturated rings. The van der Waals surface area contributed by atoms with E-state index in [2.05, 4.69) is 36.9 Å². The summed E-state index contributed by atoms with van der Waals surface area (Å²) in [6.07, 6.45) is 6.17. The lowest BCUT2D eigenvalue weighted by Gasteiger charge is -2.37. The molecule has 1 aliphatic carbocycles. The van der Waals surface area contributed by atoms with Gasteiger partial charge in [0.1, 0.15) is 18.3 Å². The molecule has 4 nitrogen and oxygen atoms in total. The second-order valence-corrected chi connectivity index (χ2v) is 7.53. The van der Waals surface area contributed by atoms with E-state index in [0.717, 1.165) is 17.6 Å². The fraction of sp³-hybridized carbons (Fsp3) is 0.444. The third kappa shape index (κ3) is 2.93. The molecule has 0 saturated heterocycles. The van der Waals surface area contributed by atoms with Gasteiger partial charge in [0.05, 0.1) is 6.54 Å². The van der Waals surface area contributed by atoms with Crippen LogP contribution in [-0.4, -0.2) is 25.5 Å². The Hall–Kier alpha value is -1.65. The van der Waals surface area contributed by atoms with Crippen molar-refractivity contribution in [2.75, 3.05) is 0 Å². The lowest BCUT2D eigenvalue weighted by atomic mass is 9.76. The minimum atomic E-state index is -0.959. The van der Waals surface area contributed by atoms with Gasteiger partial charge in [0.2, 0.25) is 0 Å². The first kappa shape index (κ1) is 16.2. The second-order valence-electron chi connectivity index (χ2n) is 7.09. The van der Waals surface area contributed by atoms with E-state index in [4.69, 9.17) is 11.6 Å². The molecule has 2 aromatic rings. The van der Waals surface area contributed by atoms with E-state index in [-0.39, 0.29) is 5.41 Å². The van der Waals surface area contributed by atoms with Crippen LogP contribution >= 0.6 is 11.6 Å². The van der Waals surface area contributed by atoms with Gasteiger partial charge < -0.3 is 5.11 Å². The first-order valence-electron chi connectivity index (χ1n) is 7.84. The van der Waals surface area contributed by atoms with Crippen LogP contribution in [0.4, 0.5) is 0 Å². The molecular weight excluding hydrogens is 310 g/mol. The molecule has 0 radical (unpaired) electrons. The van der Waals surface area contributed by atoms with Crippen molar-refractivity contribution in [3.05, 3.63) is 53.1 Å². The van der Waals surface area contributed by atoms with Gasteiger partial charge in [-0.15, -0.1) is 0 Å². The van der Waals surface area contributed by atoms with E-state index >= 15 is 0 Å². The minimum Gasteiger partial charge on any atom is -0.383 e. The third-order valence-corrected chi connectivity index (χ3v) is 5.25. The third-order valence-electron chi connectivity index (χ3n) is 4.99. The van der Waals surface area contributed by atoms with Crippen LogP contribution in [0.2, 0.25) is 5.02 Å². The van der Waals surface area contributed by atoms with Gasteiger partial charge in [0, 0.05) is 5.02 Å². The van der Waals surface area contributed by atoms with Gasteiger partial charge in [-0.05, 0) is 41.0 Å². The highest BCUT2D eigenvalue weighted by atomic mass is 35.5. The fourth-order valence-corrected chi connectivity index (χ4v) is 3.82. The smallest absolute Gasteiger partial charge is 0.137 e. The Labute approximate surface area is 141 Å². The molecular formula is C18H22ClN3O. The molecule has 5 heteroatoms. The summed E-state index contributed by atoms with van der Waals surface area (Å²) >= 11 is 5.96. The van der Waals surface area contributed by atoms with E-state index in [9.17, 15) is 5.11 Å². The summed E-state index contributed by atoms with van der Waals surface area (Å²) in [4.78, 5) is 3.99. The first-order valence-corrected chi connectivity index (χ1v) is 8.22. The van der Waals surface area contributed by atoms with Crippen LogP contribution < -0.4 is 0 Å². The number of halogens is 1. The van der Waals surface area contributed by atoms with Crippen LogP contribution in [0.15, 0.2) is 42.5 Å². The lowest BCUT2D eigenvalue weighted by molar-refractivity contribution is -0.0298. The maximum absolute atomic E-state index is 11.6. The zero-order valence-corrected chi connectivity index (χ0v) is 14.5. The number of hydrogen-bond donors (Lipinski definition) is 1. The summed E-state index contributed by atoms with van der Waals surface area (Å²) < 4.78 is 1.70. The summed E-state index contributed by atoms with van der Waals surface area (Å²) in [6.45, 7) is 6.80. The summed E-state index contributed by atoms with van der Waals surface area (Å²) in [6, 6.07) is 7.69. The van der Waals surface area contributed by atoms with Gasteiger partial charge in [0.25, 0.3) is 0 Å². The van der Waals surface area contributed by atoms with E-state index < -0.39 is 5.60 Å². The second kappa shape index (κ2) is 5.77. The molecule has 1 aromatic carbocycles. The summed E-state index contributed by atoms with van der Waals surface area (Å²) in [7, 11) is 0. The Morgan fingerprint density at radius 3 is 2.65 bits per heavy atom. The minimum absolute atomic E-state index is 0.239. The Bertz CT molecular complexity index is 706. The predicted molar refractivity (Wildman–Crippen MR) is 92.0 cm³/mol. The zero-order valence-electron chi connectivity index (χ0n) is 13.7. The van der Waals surface area contributed by atoms with Gasteiger partial charge in [-0.1, -0.05) is 50.6 Å². The standard InChI is InChI=1S/C18H22ClN3O/c1-13-9-17(2,3)18(23,10-22-12-20-11-21-22)16(13)8-14-4-6-15(19)7-5-14/h4-8,11-13,23H,9-10H2,1-3H3/b16-8-. The van der Waals surface area contributed by atoms with Crippen molar-refractivity contribution in [3.8, 4) is 0 Å². The highest BCUT2D eigenvalue weighted by Gasteiger charge is 2.54. The van der Waals surface area contributed by atoms with Crippen molar-refractivity contribution < 1.29 is 5.11 Å². The normalized spacial score (nSPS) is 28.4. The molecule has 23 heavy (non-hydrogen) atoms. The Balaban J connectivity index is 2.03. The van der Waals surface area contributed by atoms with Crippen molar-refractivity contribution in [1.82, 2.24) is 14.8 Å². The summed E-state index contributed by atoms with van der Waals surface area (Å²) in [5.74, 6) is 0.300. The van der Waals surface area contributed by atoms with Gasteiger partial charge in [-0.25, -0.2) is 9.67 Å². The molecule has 3 rings (SSSR count). The highest BCUT2D eigenvalue weighted by molar-refractivity contribution is 6.30. The van der Waals surface area contributed by atoms with Gasteiger partial charge in [-0.2, -0.15) is 5.10 Å². The molecule has 1 saturated carbocycles. The quantitative estimate of drug-likeness (QED) is 0.930. The maximum Gasteiger partial charge on any atom is 0.137 e. The van der Waals surface area contributed by atoms with Crippen molar-refractivity contribution in [2.45, 2.75) is 39.3 Å². The van der Waals surface area contributed by atoms with E-state index in [0.29, 0.717) is 17.5 Å². The number of nitrogens with zero attached hydrogens (tertiary/aromatic N) is 3. The molecule has 2 unspecified atom stereocenters. The molecule has 1 aromatic heterocycles. The van der Waals surface area contributed by atoms with Crippen LogP contribution in [0.5, 0.6) is 0 Å². The first-order chi connectivity index (χ1) is 10.8. The Morgan fingerprint density at radius 2 is 2.04 bits per heavy atom. The number of benzene rings is 1. The van der Waals surface area contributed by atoms with Crippen molar-refractivity contribution >= 4 is 17.7 Å². The van der Waals surface area contributed by atoms with Crippen LogP contribution in [0.25, 0.3) is 6.08 Å².